The Kier molecular flexibility index (Phi) is 33.7. The van der Waals surface area contributed by atoms with Crippen LogP contribution in [0.1, 0.15) is 280 Å². The second-order valence-corrected chi connectivity index (χ2v) is 24.9. The van der Waals surface area contributed by atoms with Crippen LogP contribution < -0.4 is 0 Å². The number of halogens is 2. The molecule has 418 valence electrons. The van der Waals surface area contributed by atoms with Gasteiger partial charge in [-0.25, -0.2) is 0 Å². The van der Waals surface area contributed by atoms with Crippen molar-refractivity contribution in [2.75, 3.05) is 11.7 Å². The molecule has 5 atom stereocenters. The fraction of sp³-hybridized carbons (Fsp3) is 0.681. The molecule has 0 aliphatic heterocycles. The molecule has 0 amide bonds. The van der Waals surface area contributed by atoms with Crippen molar-refractivity contribution in [2.45, 2.75) is 265 Å². The molecule has 5 unspecified atom stereocenters. The van der Waals surface area contributed by atoms with Gasteiger partial charge in [0.1, 0.15) is 0 Å². The van der Waals surface area contributed by atoms with Crippen molar-refractivity contribution in [1.29, 1.82) is 0 Å². The van der Waals surface area contributed by atoms with Gasteiger partial charge in [-0.1, -0.05) is 248 Å². The minimum absolute atomic E-state index is 0. The molecule has 2 aliphatic carbocycles. The summed E-state index contributed by atoms with van der Waals surface area (Å²) in [6.07, 6.45) is 24.7. The van der Waals surface area contributed by atoms with E-state index in [4.69, 9.17) is 0 Å². The van der Waals surface area contributed by atoms with Crippen molar-refractivity contribution in [3.63, 3.8) is 0 Å². The predicted octanol–water partition coefficient (Wildman–Crippen LogP) is 26.3. The zero-order chi connectivity index (χ0) is 51.1. The van der Waals surface area contributed by atoms with Gasteiger partial charge in [0.15, 0.2) is 0 Å². The van der Waals surface area contributed by atoms with Crippen molar-refractivity contribution in [1.82, 2.24) is 0 Å². The Morgan fingerprint density at radius 3 is 1.05 bits per heavy atom. The minimum Gasteiger partial charge on any atom is -0.141 e. The van der Waals surface area contributed by atoms with Gasteiger partial charge >= 0.3 is 0 Å². The first-order chi connectivity index (χ1) is 33.3. The van der Waals surface area contributed by atoms with E-state index in [2.05, 4.69) is 189 Å². The van der Waals surface area contributed by atoms with E-state index in [1.54, 1.807) is 44.5 Å². The molecule has 4 heteroatoms. The zero-order valence-corrected chi connectivity index (χ0v) is 51.9. The summed E-state index contributed by atoms with van der Waals surface area (Å²) in [6.45, 7) is 33.2. The molecule has 0 saturated carbocycles. The van der Waals surface area contributed by atoms with Crippen LogP contribution in [0.4, 0.5) is 0 Å². The molecule has 2 aliphatic rings. The third-order valence-electron chi connectivity index (χ3n) is 16.3. The highest BCUT2D eigenvalue weighted by Crippen LogP contribution is 2.63. The van der Waals surface area contributed by atoms with E-state index in [-0.39, 0.29) is 40.5 Å². The number of hydrogen-bond acceptors (Lipinski definition) is 2. The molecule has 5 aromatic rings. The first kappa shape index (κ1) is 71.5. The molecule has 0 fully saturated rings. The highest BCUT2D eigenvalue weighted by molar-refractivity contribution is 9.09. The second kappa shape index (κ2) is 34.4. The van der Waals surface area contributed by atoms with Gasteiger partial charge in [-0.05, 0) is 184 Å². The van der Waals surface area contributed by atoms with Crippen LogP contribution in [0.3, 0.4) is 0 Å². The molecule has 7 rings (SSSR count). The Labute approximate surface area is 480 Å². The lowest BCUT2D eigenvalue weighted by molar-refractivity contribution is 0.265. The number of alkyl halides is 2. The normalized spacial score (nSPS) is 17.4. The Morgan fingerprint density at radius 1 is 0.411 bits per heavy atom. The number of aryl methyl sites for hydroxylation is 1. The quantitative estimate of drug-likeness (QED) is 0.0540. The van der Waals surface area contributed by atoms with Crippen LogP contribution in [-0.2, 0) is 10.8 Å². The number of benzene rings is 3. The van der Waals surface area contributed by atoms with Crippen molar-refractivity contribution in [2.24, 2.45) is 29.6 Å². The van der Waals surface area contributed by atoms with Crippen LogP contribution in [-0.4, -0.2) is 11.7 Å². The molecule has 0 saturated heterocycles. The average molecular weight is 1170 g/mol. The monoisotopic (exact) mass is 1170 g/mol. The number of hydrogen-bond donors (Lipinski definition) is 0. The third-order valence-corrected chi connectivity index (χ3v) is 18.7. The van der Waals surface area contributed by atoms with Crippen molar-refractivity contribution < 1.29 is 0 Å². The largest absolute Gasteiger partial charge is 0.141 e. The van der Waals surface area contributed by atoms with Crippen LogP contribution in [0.15, 0.2) is 48.5 Å². The molecule has 0 N–H and O–H groups in total. The molecule has 0 spiro atoms. The number of thiophene rings is 2. The van der Waals surface area contributed by atoms with E-state index in [0.717, 1.165) is 29.6 Å². The van der Waals surface area contributed by atoms with E-state index < -0.39 is 0 Å². The molecule has 2 aromatic heterocycles. The van der Waals surface area contributed by atoms with Gasteiger partial charge in [-0.3, -0.25) is 0 Å². The molecule has 2 heterocycles. The summed E-state index contributed by atoms with van der Waals surface area (Å²) in [7, 11) is 0. The lowest BCUT2D eigenvalue weighted by Gasteiger charge is -2.40. The van der Waals surface area contributed by atoms with Gasteiger partial charge in [0.05, 0.1) is 0 Å². The fourth-order valence-corrected chi connectivity index (χ4v) is 14.7. The molecule has 0 bridgehead atoms. The summed E-state index contributed by atoms with van der Waals surface area (Å²) in [5, 5.41) is 2.96. The van der Waals surface area contributed by atoms with Gasteiger partial charge in [0.2, 0.25) is 0 Å². The molecule has 0 radical (unpaired) electrons. The summed E-state index contributed by atoms with van der Waals surface area (Å²) < 4.78 is 2.97. The molecular weight excluding hydrogens is 1050 g/mol. The molecule has 3 aromatic carbocycles. The van der Waals surface area contributed by atoms with Gasteiger partial charge in [0, 0.05) is 30.0 Å². The van der Waals surface area contributed by atoms with Crippen molar-refractivity contribution >= 4 is 74.7 Å². The maximum absolute atomic E-state index is 2.94. The first-order valence-electron chi connectivity index (χ1n) is 28.3. The van der Waals surface area contributed by atoms with Gasteiger partial charge < -0.3 is 0 Å². The summed E-state index contributed by atoms with van der Waals surface area (Å²) in [5.41, 5.74) is 13.1. The van der Waals surface area contributed by atoms with E-state index in [1.807, 2.05) is 23.0 Å². The number of fused-ring (bicyclic) bond motifs is 8. The van der Waals surface area contributed by atoms with Gasteiger partial charge in [-0.15, -0.1) is 22.7 Å². The Balaban J connectivity index is 0.00000407. The lowest BCUT2D eigenvalue weighted by atomic mass is 9.63. The van der Waals surface area contributed by atoms with Crippen LogP contribution in [0, 0.1) is 36.5 Å². The summed E-state index contributed by atoms with van der Waals surface area (Å²) in [5.74, 6) is 7.91. The highest BCUT2D eigenvalue weighted by atomic mass is 79.9. The summed E-state index contributed by atoms with van der Waals surface area (Å²) >= 11 is 9.94. The summed E-state index contributed by atoms with van der Waals surface area (Å²) in [6, 6.07) is 21.7. The average Bonchev–Trinajstić information content (AvgIpc) is 4.07. The predicted molar refractivity (Wildman–Crippen MR) is 353 cm³/mol. The maximum Gasteiger partial charge on any atom is 0.0352 e. The maximum atomic E-state index is 2.94. The van der Waals surface area contributed by atoms with E-state index in [0.29, 0.717) is 5.92 Å². The van der Waals surface area contributed by atoms with Crippen LogP contribution in [0.5, 0.6) is 0 Å². The van der Waals surface area contributed by atoms with Crippen LogP contribution >= 0.6 is 54.5 Å². The smallest absolute Gasteiger partial charge is 0.0352 e. The SMILES string of the molecule is C.C.C.C.CBr.CBr.CC(C)C.CCCCC(CC)CC1(CC(CC)CCC)c2cc3c(cc2-c2cc4sc(C(C)C)cc4cc21)C(CC(CC)CCCC)(CC(CC)CCCC)c1cc2cc(C)sc2cc1-3. The Hall–Kier alpha value is -1.46. The molecular formula is C69H116Br2S2. The minimum atomic E-state index is 0. The Morgan fingerprint density at radius 2 is 0.726 bits per heavy atom. The van der Waals surface area contributed by atoms with Gasteiger partial charge in [0.25, 0.3) is 0 Å². The Bertz CT molecular complexity index is 2270. The van der Waals surface area contributed by atoms with Crippen LogP contribution in [0.2, 0.25) is 0 Å². The molecule has 73 heavy (non-hydrogen) atoms. The third kappa shape index (κ3) is 16.5. The molecule has 0 nitrogen and oxygen atoms in total. The number of unbranched alkanes of at least 4 members (excludes halogenated alkanes) is 3. The van der Waals surface area contributed by atoms with Crippen LogP contribution in [0.25, 0.3) is 42.4 Å². The van der Waals surface area contributed by atoms with E-state index >= 15 is 0 Å². The topological polar surface area (TPSA) is 0 Å². The second-order valence-electron chi connectivity index (χ2n) is 22.5. The lowest BCUT2D eigenvalue weighted by Crippen LogP contribution is -2.32. The summed E-state index contributed by atoms with van der Waals surface area (Å²) in [4.78, 5) is 2.97. The van der Waals surface area contributed by atoms with Crippen molar-refractivity contribution in [3.05, 3.63) is 80.5 Å². The first-order valence-corrected chi connectivity index (χ1v) is 33.1. The number of rotatable bonds is 24. The highest BCUT2D eigenvalue weighted by Gasteiger charge is 2.51. The van der Waals surface area contributed by atoms with Gasteiger partial charge in [-0.2, -0.15) is 0 Å². The van der Waals surface area contributed by atoms with E-state index in [9.17, 15) is 0 Å². The van der Waals surface area contributed by atoms with Crippen molar-refractivity contribution in [3.8, 4) is 22.3 Å². The standard InChI is InChI=1S/C59H84S2.C4H10.2CH3Br.4CH4/c1-12-20-24-42(17-6)36-58(35-41(16-5)23-15-4)52-29-46-30-55(39(9)10)61-57(46)34-50(52)48-32-54-47(31-53(48)58)49-33-56-45(27-40(11)60-56)28-51(49)59(54,37-43(18-7)25-21-13-2)38-44(19-8)26-22-14-3;1-4(2)3;2*1-2;;;;/h27-34,39,41-44H,12-26,35-38H2,1-11H3;4H,1-3H3;2*1H3;4*1H4. The zero-order valence-electron chi connectivity index (χ0n) is 47.1. The fourth-order valence-electron chi connectivity index (χ4n) is 12.7. The van der Waals surface area contributed by atoms with E-state index in [1.165, 1.54) is 152 Å².